The van der Waals surface area contributed by atoms with Gasteiger partial charge in [-0.2, -0.15) is 9.38 Å². The van der Waals surface area contributed by atoms with Crippen molar-refractivity contribution in [3.63, 3.8) is 0 Å². The van der Waals surface area contributed by atoms with E-state index in [9.17, 15) is 10.1 Å². The van der Waals surface area contributed by atoms with Crippen LogP contribution in [0.25, 0.3) is 5.65 Å². The van der Waals surface area contributed by atoms with E-state index in [-0.39, 0.29) is 17.7 Å². The number of hydrogen-bond donors (Lipinski definition) is 1. The zero-order valence-electron chi connectivity index (χ0n) is 13.1. The molecule has 4 rings (SSSR count). The highest BCUT2D eigenvalue weighted by atomic mass is 16.6. The minimum Gasteiger partial charge on any atom is -0.493 e. The molecule has 3 aromatic rings. The number of nitrogens with zero attached hydrogens (tertiary/aromatic N) is 3. The average Bonchev–Trinajstić information content (AvgIpc) is 3.17. The van der Waals surface area contributed by atoms with E-state index in [4.69, 9.17) is 4.74 Å². The highest BCUT2D eigenvalue weighted by Gasteiger charge is 2.24. The summed E-state index contributed by atoms with van der Waals surface area (Å²) in [5.41, 5.74) is 2.76. The van der Waals surface area contributed by atoms with Crippen LogP contribution >= 0.6 is 0 Å². The van der Waals surface area contributed by atoms with Crippen molar-refractivity contribution < 1.29 is 9.66 Å². The number of rotatable bonds is 4. The van der Waals surface area contributed by atoms with Gasteiger partial charge in [0.15, 0.2) is 0 Å². The number of nitro groups is 1. The van der Waals surface area contributed by atoms with E-state index >= 15 is 0 Å². The van der Waals surface area contributed by atoms with Crippen molar-refractivity contribution in [2.75, 3.05) is 11.9 Å². The SMILES string of the molecule is C[C@H](Nc1nc2ccccn2c1[N+](=O)[O-])c1ccc2c(c1)CCO2. The van der Waals surface area contributed by atoms with Crippen molar-refractivity contribution >= 4 is 17.3 Å². The summed E-state index contributed by atoms with van der Waals surface area (Å²) in [5, 5.41) is 14.6. The Kier molecular flexibility index (Phi) is 3.34. The van der Waals surface area contributed by atoms with Crippen LogP contribution in [0.1, 0.15) is 24.1 Å². The maximum Gasteiger partial charge on any atom is 0.372 e. The summed E-state index contributed by atoms with van der Waals surface area (Å²) in [6.07, 6.45) is 2.54. The van der Waals surface area contributed by atoms with Crippen LogP contribution in [0.3, 0.4) is 0 Å². The topological polar surface area (TPSA) is 81.7 Å². The van der Waals surface area contributed by atoms with Gasteiger partial charge in [-0.05, 0) is 41.2 Å². The van der Waals surface area contributed by atoms with Gasteiger partial charge in [0.25, 0.3) is 0 Å². The van der Waals surface area contributed by atoms with Crippen LogP contribution in [-0.2, 0) is 6.42 Å². The zero-order chi connectivity index (χ0) is 16.7. The minimum atomic E-state index is -0.411. The molecule has 1 aliphatic heterocycles. The Labute approximate surface area is 138 Å². The van der Waals surface area contributed by atoms with Gasteiger partial charge >= 0.3 is 5.82 Å². The second-order valence-electron chi connectivity index (χ2n) is 5.80. The summed E-state index contributed by atoms with van der Waals surface area (Å²) in [5.74, 6) is 1.14. The molecule has 0 fully saturated rings. The van der Waals surface area contributed by atoms with Gasteiger partial charge in [0.2, 0.25) is 11.5 Å². The van der Waals surface area contributed by atoms with E-state index in [0.29, 0.717) is 12.3 Å². The molecule has 0 spiro atoms. The van der Waals surface area contributed by atoms with E-state index in [0.717, 1.165) is 17.7 Å². The van der Waals surface area contributed by atoms with Crippen LogP contribution in [0.2, 0.25) is 0 Å². The Morgan fingerprint density at radius 1 is 1.38 bits per heavy atom. The first-order valence-electron chi connectivity index (χ1n) is 7.77. The molecule has 1 aliphatic rings. The van der Waals surface area contributed by atoms with Crippen molar-refractivity contribution in [3.8, 4) is 5.75 Å². The van der Waals surface area contributed by atoms with Crippen LogP contribution in [0.15, 0.2) is 42.6 Å². The molecular formula is C17H16N4O3. The molecule has 0 unspecified atom stereocenters. The Morgan fingerprint density at radius 3 is 3.08 bits per heavy atom. The van der Waals surface area contributed by atoms with Crippen LogP contribution in [0.4, 0.5) is 11.6 Å². The van der Waals surface area contributed by atoms with Gasteiger partial charge in [0.05, 0.1) is 18.8 Å². The number of anilines is 1. The smallest absolute Gasteiger partial charge is 0.372 e. The third kappa shape index (κ3) is 2.34. The van der Waals surface area contributed by atoms with Crippen molar-refractivity contribution in [2.45, 2.75) is 19.4 Å². The summed E-state index contributed by atoms with van der Waals surface area (Å²) in [7, 11) is 0. The van der Waals surface area contributed by atoms with E-state index in [2.05, 4.69) is 16.4 Å². The van der Waals surface area contributed by atoms with Crippen LogP contribution in [0.5, 0.6) is 5.75 Å². The second-order valence-corrected chi connectivity index (χ2v) is 5.80. The van der Waals surface area contributed by atoms with Gasteiger partial charge in [-0.15, -0.1) is 0 Å². The van der Waals surface area contributed by atoms with Gasteiger partial charge in [0, 0.05) is 12.5 Å². The molecule has 3 heterocycles. The molecule has 7 nitrogen and oxygen atoms in total. The lowest BCUT2D eigenvalue weighted by Crippen LogP contribution is -2.09. The maximum absolute atomic E-state index is 11.5. The van der Waals surface area contributed by atoms with E-state index in [1.54, 1.807) is 24.4 Å². The lowest BCUT2D eigenvalue weighted by molar-refractivity contribution is -0.389. The summed E-state index contributed by atoms with van der Waals surface area (Å²) in [4.78, 5) is 15.4. The van der Waals surface area contributed by atoms with Gasteiger partial charge < -0.3 is 20.2 Å². The van der Waals surface area contributed by atoms with E-state index in [1.807, 2.05) is 19.1 Å². The predicted octanol–water partition coefficient (Wildman–Crippen LogP) is 3.35. The Morgan fingerprint density at radius 2 is 2.25 bits per heavy atom. The fourth-order valence-corrected chi connectivity index (χ4v) is 3.02. The van der Waals surface area contributed by atoms with Gasteiger partial charge in [0.1, 0.15) is 5.75 Å². The van der Waals surface area contributed by atoms with Gasteiger partial charge in [-0.1, -0.05) is 12.1 Å². The Bertz CT molecular complexity index is 935. The molecule has 1 aromatic carbocycles. The van der Waals surface area contributed by atoms with Crippen molar-refractivity contribution in [1.82, 2.24) is 9.38 Å². The predicted molar refractivity (Wildman–Crippen MR) is 89.5 cm³/mol. The quantitative estimate of drug-likeness (QED) is 0.588. The molecule has 122 valence electrons. The van der Waals surface area contributed by atoms with E-state index < -0.39 is 4.92 Å². The van der Waals surface area contributed by atoms with Crippen LogP contribution in [-0.4, -0.2) is 20.9 Å². The Balaban J connectivity index is 1.68. The molecule has 0 radical (unpaired) electrons. The number of hydrogen-bond acceptors (Lipinski definition) is 5. The normalized spacial score (nSPS) is 14.2. The summed E-state index contributed by atoms with van der Waals surface area (Å²) >= 11 is 0. The standard InChI is InChI=1S/C17H16N4O3/c1-11(12-5-6-14-13(10-12)7-9-24-14)18-16-17(21(22)23)20-8-3-2-4-15(20)19-16/h2-6,8,10-11,18H,7,9H2,1H3/t11-/m0/s1. The average molecular weight is 324 g/mol. The van der Waals surface area contributed by atoms with Crippen molar-refractivity contribution in [1.29, 1.82) is 0 Å². The molecule has 2 aromatic heterocycles. The number of ether oxygens (including phenoxy) is 1. The molecule has 0 saturated heterocycles. The highest BCUT2D eigenvalue weighted by Crippen LogP contribution is 2.32. The molecule has 0 aliphatic carbocycles. The largest absolute Gasteiger partial charge is 0.493 e. The Hall–Kier alpha value is -3.09. The summed E-state index contributed by atoms with van der Waals surface area (Å²) < 4.78 is 6.99. The van der Waals surface area contributed by atoms with Crippen molar-refractivity contribution in [2.24, 2.45) is 0 Å². The van der Waals surface area contributed by atoms with Crippen LogP contribution < -0.4 is 10.1 Å². The lowest BCUT2D eigenvalue weighted by atomic mass is 10.0. The zero-order valence-corrected chi connectivity index (χ0v) is 13.1. The monoisotopic (exact) mass is 324 g/mol. The lowest BCUT2D eigenvalue weighted by Gasteiger charge is -2.14. The molecule has 24 heavy (non-hydrogen) atoms. The fourth-order valence-electron chi connectivity index (χ4n) is 3.02. The fraction of sp³-hybridized carbons (Fsp3) is 0.235. The number of pyridine rings is 1. The van der Waals surface area contributed by atoms with Crippen LogP contribution in [0, 0.1) is 10.1 Å². The summed E-state index contributed by atoms with van der Waals surface area (Å²) in [6.45, 7) is 2.67. The van der Waals surface area contributed by atoms with Gasteiger partial charge in [-0.3, -0.25) is 0 Å². The van der Waals surface area contributed by atoms with E-state index in [1.165, 1.54) is 9.96 Å². The molecular weight excluding hydrogens is 308 g/mol. The molecule has 1 atom stereocenters. The van der Waals surface area contributed by atoms with Gasteiger partial charge in [-0.25, -0.2) is 0 Å². The second kappa shape index (κ2) is 5.52. The molecule has 0 saturated carbocycles. The molecule has 7 heteroatoms. The van der Waals surface area contributed by atoms with Crippen molar-refractivity contribution in [3.05, 3.63) is 63.8 Å². The maximum atomic E-state index is 11.5. The molecule has 1 N–H and O–H groups in total. The number of aromatic nitrogens is 2. The number of imidazole rings is 1. The minimum absolute atomic E-state index is 0.0538. The first kappa shape index (κ1) is 14.5. The number of fused-ring (bicyclic) bond motifs is 2. The number of nitrogens with one attached hydrogen (secondary N) is 1. The summed E-state index contributed by atoms with van der Waals surface area (Å²) in [6, 6.07) is 11.2. The number of benzene rings is 1. The first-order valence-corrected chi connectivity index (χ1v) is 7.77. The molecule has 0 amide bonds. The first-order chi connectivity index (χ1) is 11.6. The molecule has 0 bridgehead atoms. The third-order valence-corrected chi connectivity index (χ3v) is 4.24. The third-order valence-electron chi connectivity index (χ3n) is 4.24. The highest BCUT2D eigenvalue weighted by molar-refractivity contribution is 5.62.